The van der Waals surface area contributed by atoms with Gasteiger partial charge in [-0.25, -0.2) is 8.42 Å². The predicted octanol–water partition coefficient (Wildman–Crippen LogP) is 2.68. The van der Waals surface area contributed by atoms with Crippen LogP contribution in [0.4, 0.5) is 5.69 Å². The quantitative estimate of drug-likeness (QED) is 0.751. The molecule has 1 aliphatic rings. The lowest BCUT2D eigenvalue weighted by Gasteiger charge is -2.31. The van der Waals surface area contributed by atoms with E-state index < -0.39 is 10.0 Å². The van der Waals surface area contributed by atoms with Crippen LogP contribution in [0, 0.1) is 0 Å². The molecule has 0 bridgehead atoms. The number of ether oxygens (including phenoxy) is 1. The minimum absolute atomic E-state index is 0.0826. The Balaban J connectivity index is 1.67. The average Bonchev–Trinajstić information content (AvgIpc) is 2.69. The fraction of sp³-hybridized carbons (Fsp3) is 0.350. The Morgan fingerprint density at radius 2 is 1.76 bits per heavy atom. The van der Waals surface area contributed by atoms with Crippen molar-refractivity contribution >= 4 is 33.2 Å². The normalized spacial score (nSPS) is 15.8. The standard InChI is InChI=1S/C20H24ClN3O4S/c1-23-9-11-24(12-10-23)29(26,27)14-15-3-5-16(6-4-15)20(25)22-18-13-17(21)7-8-19(18)28-2/h3-8,13H,9-12,14H2,1-2H3,(H,22,25). The first-order chi connectivity index (χ1) is 13.8. The van der Waals surface area contributed by atoms with E-state index in [2.05, 4.69) is 10.2 Å². The average molecular weight is 438 g/mol. The van der Waals surface area contributed by atoms with E-state index >= 15 is 0 Å². The number of hydrogen-bond acceptors (Lipinski definition) is 5. The van der Waals surface area contributed by atoms with Crippen molar-refractivity contribution in [2.24, 2.45) is 0 Å². The lowest BCUT2D eigenvalue weighted by molar-refractivity contribution is 0.102. The van der Waals surface area contributed by atoms with E-state index in [0.29, 0.717) is 40.7 Å². The number of nitrogens with one attached hydrogen (secondary N) is 1. The molecule has 0 saturated carbocycles. The fourth-order valence-corrected chi connectivity index (χ4v) is 4.78. The molecule has 0 aromatic heterocycles. The summed E-state index contributed by atoms with van der Waals surface area (Å²) in [5.74, 6) is 0.0810. The summed E-state index contributed by atoms with van der Waals surface area (Å²) in [5, 5.41) is 3.24. The van der Waals surface area contributed by atoms with Gasteiger partial charge in [0.1, 0.15) is 5.75 Å². The number of nitrogens with zero attached hydrogens (tertiary/aromatic N) is 2. The second kappa shape index (κ2) is 9.13. The number of benzene rings is 2. The second-order valence-electron chi connectivity index (χ2n) is 6.95. The number of carbonyl (C=O) groups is 1. The number of methoxy groups -OCH3 is 1. The molecule has 7 nitrogen and oxygen atoms in total. The Morgan fingerprint density at radius 3 is 2.38 bits per heavy atom. The summed E-state index contributed by atoms with van der Waals surface area (Å²) in [4.78, 5) is 14.6. The molecule has 1 saturated heterocycles. The van der Waals surface area contributed by atoms with Gasteiger partial charge in [0.25, 0.3) is 5.91 Å². The van der Waals surface area contributed by atoms with Crippen LogP contribution in [0.5, 0.6) is 5.75 Å². The summed E-state index contributed by atoms with van der Waals surface area (Å²) in [7, 11) is 0.107. The number of halogens is 1. The van der Waals surface area contributed by atoms with E-state index in [-0.39, 0.29) is 11.7 Å². The van der Waals surface area contributed by atoms with Crippen molar-refractivity contribution in [3.63, 3.8) is 0 Å². The topological polar surface area (TPSA) is 78.9 Å². The Morgan fingerprint density at radius 1 is 1.10 bits per heavy atom. The summed E-state index contributed by atoms with van der Waals surface area (Å²) in [6.45, 7) is 2.46. The first kappa shape index (κ1) is 21.6. The van der Waals surface area contributed by atoms with Crippen LogP contribution in [0.25, 0.3) is 0 Å². The van der Waals surface area contributed by atoms with Gasteiger partial charge in [-0.2, -0.15) is 4.31 Å². The van der Waals surface area contributed by atoms with Gasteiger partial charge in [-0.15, -0.1) is 0 Å². The highest BCUT2D eigenvalue weighted by Gasteiger charge is 2.25. The van der Waals surface area contributed by atoms with E-state index in [1.54, 1.807) is 42.5 Å². The van der Waals surface area contributed by atoms with Crippen molar-refractivity contribution in [3.8, 4) is 5.75 Å². The van der Waals surface area contributed by atoms with Crippen LogP contribution in [-0.4, -0.2) is 63.9 Å². The van der Waals surface area contributed by atoms with Crippen LogP contribution in [0.1, 0.15) is 15.9 Å². The zero-order valence-corrected chi connectivity index (χ0v) is 18.0. The number of piperazine rings is 1. The summed E-state index contributed by atoms with van der Waals surface area (Å²) in [6, 6.07) is 11.5. The minimum atomic E-state index is -3.38. The zero-order valence-electron chi connectivity index (χ0n) is 16.4. The summed E-state index contributed by atoms with van der Waals surface area (Å²) < 4.78 is 32.0. The number of carbonyl (C=O) groups excluding carboxylic acids is 1. The highest BCUT2D eigenvalue weighted by atomic mass is 35.5. The largest absolute Gasteiger partial charge is 0.495 e. The van der Waals surface area contributed by atoms with E-state index in [4.69, 9.17) is 16.3 Å². The Labute approximate surface area is 176 Å². The van der Waals surface area contributed by atoms with Crippen LogP contribution in [0.3, 0.4) is 0 Å². The highest BCUT2D eigenvalue weighted by molar-refractivity contribution is 7.88. The molecule has 3 rings (SSSR count). The molecule has 156 valence electrons. The number of rotatable bonds is 6. The van der Waals surface area contributed by atoms with Crippen LogP contribution in [0.2, 0.25) is 5.02 Å². The molecule has 29 heavy (non-hydrogen) atoms. The lowest BCUT2D eigenvalue weighted by atomic mass is 10.1. The van der Waals surface area contributed by atoms with E-state index in [1.165, 1.54) is 11.4 Å². The van der Waals surface area contributed by atoms with Crippen LogP contribution >= 0.6 is 11.6 Å². The van der Waals surface area contributed by atoms with Gasteiger partial charge in [0.15, 0.2) is 0 Å². The number of sulfonamides is 1. The van der Waals surface area contributed by atoms with Crippen LogP contribution in [-0.2, 0) is 15.8 Å². The number of hydrogen-bond donors (Lipinski definition) is 1. The van der Waals surface area contributed by atoms with Crippen molar-refractivity contribution < 1.29 is 17.9 Å². The molecule has 2 aromatic carbocycles. The lowest BCUT2D eigenvalue weighted by Crippen LogP contribution is -2.47. The van der Waals surface area contributed by atoms with E-state index in [9.17, 15) is 13.2 Å². The maximum absolute atomic E-state index is 12.6. The number of amides is 1. The van der Waals surface area contributed by atoms with Gasteiger partial charge in [-0.1, -0.05) is 23.7 Å². The first-order valence-electron chi connectivity index (χ1n) is 9.19. The summed E-state index contributed by atoms with van der Waals surface area (Å²) >= 11 is 5.99. The van der Waals surface area contributed by atoms with Gasteiger partial charge in [0.2, 0.25) is 10.0 Å². The molecule has 9 heteroatoms. The van der Waals surface area contributed by atoms with Crippen LogP contribution < -0.4 is 10.1 Å². The third kappa shape index (κ3) is 5.48. The Hall–Kier alpha value is -2.13. The molecule has 1 amide bonds. The van der Waals surface area contributed by atoms with Crippen molar-refractivity contribution in [1.82, 2.24) is 9.21 Å². The molecule has 1 N–H and O–H groups in total. The van der Waals surface area contributed by atoms with Gasteiger partial charge in [-0.3, -0.25) is 4.79 Å². The molecule has 1 heterocycles. The van der Waals surface area contributed by atoms with Gasteiger partial charge in [0.05, 0.1) is 18.6 Å². The molecule has 0 atom stereocenters. The molecule has 1 fully saturated rings. The van der Waals surface area contributed by atoms with E-state index in [1.807, 2.05) is 7.05 Å². The minimum Gasteiger partial charge on any atom is -0.495 e. The van der Waals surface area contributed by atoms with E-state index in [0.717, 1.165) is 13.1 Å². The highest BCUT2D eigenvalue weighted by Crippen LogP contribution is 2.28. The third-order valence-corrected chi connectivity index (χ3v) is 6.92. The van der Waals surface area contributed by atoms with Crippen molar-refractivity contribution in [2.75, 3.05) is 45.7 Å². The Kier molecular flexibility index (Phi) is 6.79. The first-order valence-corrected chi connectivity index (χ1v) is 11.2. The van der Waals surface area contributed by atoms with Crippen molar-refractivity contribution in [2.45, 2.75) is 5.75 Å². The van der Waals surface area contributed by atoms with Crippen molar-refractivity contribution in [1.29, 1.82) is 0 Å². The number of anilines is 1. The zero-order chi connectivity index (χ0) is 21.0. The molecular weight excluding hydrogens is 414 g/mol. The summed E-state index contributed by atoms with van der Waals surface area (Å²) in [6.07, 6.45) is 0. The molecule has 0 spiro atoms. The summed E-state index contributed by atoms with van der Waals surface area (Å²) in [5.41, 5.74) is 1.51. The molecule has 0 unspecified atom stereocenters. The molecule has 1 aliphatic heterocycles. The van der Waals surface area contributed by atoms with Gasteiger partial charge in [0, 0.05) is 36.8 Å². The van der Waals surface area contributed by atoms with Gasteiger partial charge in [-0.05, 0) is 42.9 Å². The van der Waals surface area contributed by atoms with Gasteiger partial charge < -0.3 is 15.0 Å². The second-order valence-corrected chi connectivity index (χ2v) is 9.36. The number of likely N-dealkylation sites (N-methyl/N-ethyl adjacent to an activating group) is 1. The van der Waals surface area contributed by atoms with Crippen molar-refractivity contribution in [3.05, 3.63) is 58.6 Å². The monoisotopic (exact) mass is 437 g/mol. The van der Waals surface area contributed by atoms with Crippen LogP contribution in [0.15, 0.2) is 42.5 Å². The predicted molar refractivity (Wildman–Crippen MR) is 114 cm³/mol. The fourth-order valence-electron chi connectivity index (χ4n) is 3.09. The molecule has 2 aromatic rings. The SMILES string of the molecule is COc1ccc(Cl)cc1NC(=O)c1ccc(CS(=O)(=O)N2CCN(C)CC2)cc1. The maximum Gasteiger partial charge on any atom is 0.255 e. The maximum atomic E-state index is 12.6. The smallest absolute Gasteiger partial charge is 0.255 e. The molecule has 0 radical (unpaired) electrons. The van der Waals surface area contributed by atoms with Gasteiger partial charge >= 0.3 is 0 Å². The molecular formula is C20H24ClN3O4S. The molecule has 0 aliphatic carbocycles. The Bertz CT molecular complexity index is 972. The third-order valence-electron chi connectivity index (χ3n) is 4.83.